The number of amides is 1. The van der Waals surface area contributed by atoms with Crippen LogP contribution >= 0.6 is 11.6 Å². The number of anilines is 1. The molecule has 3 nitrogen and oxygen atoms in total. The lowest BCUT2D eigenvalue weighted by molar-refractivity contribution is -0.246. The molecular formula is C26H43ClNO2-. The van der Waals surface area contributed by atoms with E-state index in [0.29, 0.717) is 17.3 Å². The summed E-state index contributed by atoms with van der Waals surface area (Å²) in [5, 5.41) is 12.1. The average molecular weight is 437 g/mol. The Morgan fingerprint density at radius 1 is 0.800 bits per heavy atom. The molecule has 0 N–H and O–H groups in total. The third kappa shape index (κ3) is 12.5. The van der Waals surface area contributed by atoms with Gasteiger partial charge in [0.15, 0.2) is 0 Å². The lowest BCUT2D eigenvalue weighted by Gasteiger charge is -2.27. The number of halogens is 1. The van der Waals surface area contributed by atoms with Gasteiger partial charge in [0.1, 0.15) is 6.09 Å². The highest BCUT2D eigenvalue weighted by atomic mass is 35.5. The monoisotopic (exact) mass is 436 g/mol. The van der Waals surface area contributed by atoms with Crippen molar-refractivity contribution in [2.45, 2.75) is 117 Å². The van der Waals surface area contributed by atoms with E-state index >= 15 is 0 Å². The van der Waals surface area contributed by atoms with Gasteiger partial charge in [-0.2, -0.15) is 0 Å². The van der Waals surface area contributed by atoms with Gasteiger partial charge in [-0.15, -0.1) is 0 Å². The van der Waals surface area contributed by atoms with Gasteiger partial charge in [-0.1, -0.05) is 121 Å². The van der Waals surface area contributed by atoms with Crippen molar-refractivity contribution < 1.29 is 9.90 Å². The van der Waals surface area contributed by atoms with E-state index < -0.39 is 6.09 Å². The molecule has 0 radical (unpaired) electrons. The van der Waals surface area contributed by atoms with E-state index in [2.05, 4.69) is 6.92 Å². The van der Waals surface area contributed by atoms with Crippen LogP contribution in [0.3, 0.4) is 0 Å². The number of carbonyl (C=O) groups is 1. The van der Waals surface area contributed by atoms with E-state index in [9.17, 15) is 9.90 Å². The Labute approximate surface area is 190 Å². The molecule has 1 amide bonds. The summed E-state index contributed by atoms with van der Waals surface area (Å²) in [7, 11) is 0. The van der Waals surface area contributed by atoms with Gasteiger partial charge in [-0.3, -0.25) is 0 Å². The smallest absolute Gasteiger partial charge is 0.141 e. The maximum Gasteiger partial charge on any atom is 0.141 e. The van der Waals surface area contributed by atoms with Crippen LogP contribution in [-0.2, 0) is 0 Å². The van der Waals surface area contributed by atoms with Gasteiger partial charge < -0.3 is 14.8 Å². The van der Waals surface area contributed by atoms with Crippen molar-refractivity contribution in [3.8, 4) is 0 Å². The van der Waals surface area contributed by atoms with Gasteiger partial charge in [-0.25, -0.2) is 0 Å². The topological polar surface area (TPSA) is 43.4 Å². The maximum absolute atomic E-state index is 11.5. The van der Waals surface area contributed by atoms with Crippen molar-refractivity contribution in [1.82, 2.24) is 0 Å². The Morgan fingerprint density at radius 2 is 1.23 bits per heavy atom. The first-order valence-electron chi connectivity index (χ1n) is 12.3. The Kier molecular flexibility index (Phi) is 15.6. The zero-order valence-electron chi connectivity index (χ0n) is 19.4. The molecule has 0 heterocycles. The van der Waals surface area contributed by atoms with Crippen LogP contribution in [0, 0.1) is 6.92 Å². The lowest BCUT2D eigenvalue weighted by Crippen LogP contribution is -2.42. The van der Waals surface area contributed by atoms with E-state index in [1.54, 1.807) is 12.1 Å². The highest BCUT2D eigenvalue weighted by molar-refractivity contribution is 6.31. The minimum atomic E-state index is -1.15. The molecule has 0 saturated heterocycles. The number of carbonyl (C=O) groups excluding carboxylic acids is 1. The maximum atomic E-state index is 11.5. The van der Waals surface area contributed by atoms with Crippen LogP contribution in [0.25, 0.3) is 0 Å². The first kappa shape index (κ1) is 26.8. The molecular weight excluding hydrogens is 394 g/mol. The average Bonchev–Trinajstić information content (AvgIpc) is 2.72. The van der Waals surface area contributed by atoms with E-state index in [-0.39, 0.29) is 0 Å². The number of aryl methyl sites for hydroxylation is 1. The molecule has 172 valence electrons. The largest absolute Gasteiger partial charge is 0.530 e. The van der Waals surface area contributed by atoms with E-state index in [1.165, 1.54) is 94.8 Å². The summed E-state index contributed by atoms with van der Waals surface area (Å²) >= 11 is 6.03. The van der Waals surface area contributed by atoms with E-state index in [0.717, 1.165) is 18.4 Å². The lowest BCUT2D eigenvalue weighted by atomic mass is 10.0. The molecule has 0 spiro atoms. The van der Waals surface area contributed by atoms with Crippen molar-refractivity contribution in [3.63, 3.8) is 0 Å². The van der Waals surface area contributed by atoms with Crippen LogP contribution in [0.15, 0.2) is 18.2 Å². The molecule has 0 aliphatic rings. The van der Waals surface area contributed by atoms with Gasteiger partial charge >= 0.3 is 0 Å². The molecule has 0 atom stereocenters. The van der Waals surface area contributed by atoms with Crippen LogP contribution < -0.4 is 10.0 Å². The third-order valence-corrected chi connectivity index (χ3v) is 6.15. The summed E-state index contributed by atoms with van der Waals surface area (Å²) in [6.07, 6.45) is 19.8. The van der Waals surface area contributed by atoms with Crippen molar-refractivity contribution in [1.29, 1.82) is 0 Å². The molecule has 0 aliphatic heterocycles. The third-order valence-electron chi connectivity index (χ3n) is 5.92. The standard InChI is InChI=1S/C26H44ClNO2/c1-3-4-5-6-7-8-9-10-11-12-13-14-15-16-17-18-21-28(26(29)30)25-22-24(27)20-19-23(25)2/h19-20,22H,3-18,21H2,1-2H3,(H,29,30)/p-1. The van der Waals surface area contributed by atoms with Gasteiger partial charge in [0, 0.05) is 17.3 Å². The molecule has 0 aromatic heterocycles. The van der Waals surface area contributed by atoms with Crippen molar-refractivity contribution >= 4 is 23.4 Å². The fourth-order valence-corrected chi connectivity index (χ4v) is 4.17. The molecule has 1 aromatic carbocycles. The number of carboxylic acid groups (broad SMARTS) is 1. The Morgan fingerprint density at radius 3 is 1.67 bits per heavy atom. The fraction of sp³-hybridized carbons (Fsp3) is 0.731. The van der Waals surface area contributed by atoms with Crippen LogP contribution in [0.5, 0.6) is 0 Å². The Hall–Kier alpha value is -1.22. The number of unbranched alkanes of at least 4 members (excludes halogenated alkanes) is 15. The van der Waals surface area contributed by atoms with Crippen LogP contribution in [0.1, 0.15) is 115 Å². The van der Waals surface area contributed by atoms with E-state index in [1.807, 2.05) is 13.0 Å². The number of rotatable bonds is 18. The Balaban J connectivity index is 2.00. The quantitative estimate of drug-likeness (QED) is 0.218. The second kappa shape index (κ2) is 17.5. The second-order valence-corrected chi connectivity index (χ2v) is 9.09. The molecule has 0 fully saturated rings. The van der Waals surface area contributed by atoms with Crippen molar-refractivity contribution in [2.75, 3.05) is 11.4 Å². The van der Waals surface area contributed by atoms with E-state index in [4.69, 9.17) is 11.6 Å². The number of nitrogens with zero attached hydrogens (tertiary/aromatic N) is 1. The number of hydrogen-bond donors (Lipinski definition) is 0. The van der Waals surface area contributed by atoms with Crippen LogP contribution in [0.4, 0.5) is 10.5 Å². The van der Waals surface area contributed by atoms with Crippen LogP contribution in [0.2, 0.25) is 5.02 Å². The zero-order valence-corrected chi connectivity index (χ0v) is 20.2. The molecule has 0 unspecified atom stereocenters. The Bertz CT molecular complexity index is 576. The highest BCUT2D eigenvalue weighted by Crippen LogP contribution is 2.25. The van der Waals surface area contributed by atoms with Gasteiger partial charge in [0.2, 0.25) is 0 Å². The van der Waals surface area contributed by atoms with Crippen molar-refractivity contribution in [2.24, 2.45) is 0 Å². The first-order chi connectivity index (χ1) is 14.6. The van der Waals surface area contributed by atoms with Crippen LogP contribution in [-0.4, -0.2) is 12.6 Å². The molecule has 0 bridgehead atoms. The summed E-state index contributed by atoms with van der Waals surface area (Å²) in [6.45, 7) is 4.64. The van der Waals surface area contributed by atoms with Crippen molar-refractivity contribution in [3.05, 3.63) is 28.8 Å². The minimum Gasteiger partial charge on any atom is -0.530 e. The molecule has 1 rings (SSSR count). The molecule has 0 saturated carbocycles. The molecule has 1 aromatic rings. The fourth-order valence-electron chi connectivity index (χ4n) is 4.00. The molecule has 0 aliphatic carbocycles. The summed E-state index contributed by atoms with van der Waals surface area (Å²) in [6, 6.07) is 5.34. The predicted octanol–water partition coefficient (Wildman–Crippen LogP) is 8.06. The summed E-state index contributed by atoms with van der Waals surface area (Å²) in [5.74, 6) is 0. The SMILES string of the molecule is CCCCCCCCCCCCCCCCCCN(C(=O)[O-])c1cc(Cl)ccc1C. The molecule has 30 heavy (non-hydrogen) atoms. The van der Waals surface area contributed by atoms with Gasteiger partial charge in [-0.05, 0) is 31.0 Å². The number of benzene rings is 1. The second-order valence-electron chi connectivity index (χ2n) is 8.65. The highest BCUT2D eigenvalue weighted by Gasteiger charge is 2.10. The predicted molar refractivity (Wildman–Crippen MR) is 128 cm³/mol. The normalized spacial score (nSPS) is 11.0. The summed E-state index contributed by atoms with van der Waals surface area (Å²) in [5.41, 5.74) is 1.54. The summed E-state index contributed by atoms with van der Waals surface area (Å²) in [4.78, 5) is 12.9. The number of hydrogen-bond acceptors (Lipinski definition) is 2. The first-order valence-corrected chi connectivity index (χ1v) is 12.7. The molecule has 4 heteroatoms. The summed E-state index contributed by atoms with van der Waals surface area (Å²) < 4.78 is 0. The van der Waals surface area contributed by atoms with Gasteiger partial charge in [0.05, 0.1) is 0 Å². The van der Waals surface area contributed by atoms with Gasteiger partial charge in [0.25, 0.3) is 0 Å². The zero-order chi connectivity index (χ0) is 22.0. The minimum absolute atomic E-state index is 0.474.